The maximum Gasteiger partial charge on any atom is 0.144 e. The Balaban J connectivity index is 0.000000230. The van der Waals surface area contributed by atoms with Gasteiger partial charge in [-0.05, 0) is 11.1 Å². The zero-order chi connectivity index (χ0) is 11.8. The molecule has 0 aliphatic carbocycles. The van der Waals surface area contributed by atoms with Crippen molar-refractivity contribution in [2.45, 2.75) is 0 Å². The van der Waals surface area contributed by atoms with E-state index in [0.717, 1.165) is 0 Å². The van der Waals surface area contributed by atoms with E-state index < -0.39 is 0 Å². The SMILES string of the molecule is [SeH2].c1ccc(-c2ccccc2)cc1.c1conn1. The van der Waals surface area contributed by atoms with Crippen LogP contribution in [0.1, 0.15) is 0 Å². The van der Waals surface area contributed by atoms with E-state index in [0.29, 0.717) is 0 Å². The van der Waals surface area contributed by atoms with Gasteiger partial charge in [0.25, 0.3) is 0 Å². The Bertz CT molecular complexity index is 457. The monoisotopic (exact) mass is 306 g/mol. The van der Waals surface area contributed by atoms with Crippen molar-refractivity contribution in [3.8, 4) is 11.1 Å². The van der Waals surface area contributed by atoms with Crippen molar-refractivity contribution in [1.82, 2.24) is 10.4 Å². The molecule has 0 aliphatic rings. The minimum Gasteiger partial charge on any atom is -0.346 e. The summed E-state index contributed by atoms with van der Waals surface area (Å²) in [5.74, 6) is 0. The molecule has 0 atom stereocenters. The van der Waals surface area contributed by atoms with Crippen LogP contribution in [0.15, 0.2) is 77.6 Å². The molecular weight excluding hydrogens is 291 g/mol. The molecule has 0 saturated heterocycles. The van der Waals surface area contributed by atoms with Crippen LogP contribution in [0.5, 0.6) is 0 Å². The normalized spacial score (nSPS) is 8.67. The van der Waals surface area contributed by atoms with Gasteiger partial charge in [-0.2, -0.15) is 0 Å². The van der Waals surface area contributed by atoms with E-state index >= 15 is 0 Å². The van der Waals surface area contributed by atoms with Crippen molar-refractivity contribution in [1.29, 1.82) is 0 Å². The van der Waals surface area contributed by atoms with Crippen LogP contribution >= 0.6 is 0 Å². The minimum atomic E-state index is 0. The largest absolute Gasteiger partial charge is 0.346 e. The molecule has 0 bridgehead atoms. The van der Waals surface area contributed by atoms with E-state index in [2.05, 4.69) is 63.4 Å². The van der Waals surface area contributed by atoms with Gasteiger partial charge in [0.1, 0.15) is 6.26 Å². The predicted octanol–water partition coefficient (Wildman–Crippen LogP) is 2.51. The number of nitrogens with zero attached hydrogens (tertiary/aromatic N) is 2. The average molecular weight is 305 g/mol. The number of benzene rings is 2. The zero-order valence-corrected chi connectivity index (χ0v) is 11.8. The molecule has 18 heavy (non-hydrogen) atoms. The summed E-state index contributed by atoms with van der Waals surface area (Å²) in [4.78, 5) is 0. The summed E-state index contributed by atoms with van der Waals surface area (Å²) in [5, 5.41) is 6.40. The molecular formula is C14H14N2OSe. The van der Waals surface area contributed by atoms with Gasteiger partial charge < -0.3 is 4.52 Å². The summed E-state index contributed by atoms with van der Waals surface area (Å²) in [6.07, 6.45) is 2.88. The average Bonchev–Trinajstić information content (AvgIpc) is 3.00. The van der Waals surface area contributed by atoms with Gasteiger partial charge in [-0.25, -0.2) is 0 Å². The second kappa shape index (κ2) is 8.23. The van der Waals surface area contributed by atoms with Crippen LogP contribution in [0.3, 0.4) is 0 Å². The summed E-state index contributed by atoms with van der Waals surface area (Å²) < 4.78 is 4.22. The third kappa shape index (κ3) is 4.53. The number of hydrogen-bond acceptors (Lipinski definition) is 3. The Morgan fingerprint density at radius 2 is 1.22 bits per heavy atom. The first-order valence-corrected chi connectivity index (χ1v) is 5.28. The van der Waals surface area contributed by atoms with Gasteiger partial charge in [-0.3, -0.25) is 0 Å². The van der Waals surface area contributed by atoms with Gasteiger partial charge in [0.15, 0.2) is 0 Å². The summed E-state index contributed by atoms with van der Waals surface area (Å²) in [6, 6.07) is 20.8. The molecule has 0 fully saturated rings. The van der Waals surface area contributed by atoms with E-state index in [1.165, 1.54) is 23.6 Å². The molecule has 0 amide bonds. The molecule has 2 aromatic carbocycles. The van der Waals surface area contributed by atoms with Crippen LogP contribution in [0.25, 0.3) is 11.1 Å². The van der Waals surface area contributed by atoms with Crippen molar-refractivity contribution >= 4 is 17.1 Å². The first kappa shape index (κ1) is 14.2. The molecule has 0 spiro atoms. The Hall–Kier alpha value is -1.90. The Morgan fingerprint density at radius 1 is 0.722 bits per heavy atom. The molecule has 1 aromatic heterocycles. The number of rotatable bonds is 1. The Morgan fingerprint density at radius 3 is 1.50 bits per heavy atom. The molecule has 3 aromatic rings. The first-order chi connectivity index (χ1) is 8.47. The predicted molar refractivity (Wildman–Crippen MR) is 74.7 cm³/mol. The topological polar surface area (TPSA) is 38.9 Å². The van der Waals surface area contributed by atoms with Gasteiger partial charge in [0.05, 0.1) is 6.20 Å². The smallest absolute Gasteiger partial charge is 0.144 e. The zero-order valence-electron chi connectivity index (χ0n) is 9.73. The third-order valence-electron chi connectivity index (χ3n) is 2.16. The van der Waals surface area contributed by atoms with Crippen LogP contribution in [0, 0.1) is 0 Å². The molecule has 3 rings (SSSR count). The Kier molecular flexibility index (Phi) is 6.47. The molecule has 4 heteroatoms. The number of aromatic nitrogens is 2. The maximum absolute atomic E-state index is 4.22. The summed E-state index contributed by atoms with van der Waals surface area (Å²) in [6.45, 7) is 0. The van der Waals surface area contributed by atoms with Crippen LogP contribution < -0.4 is 0 Å². The van der Waals surface area contributed by atoms with Crippen molar-refractivity contribution in [2.24, 2.45) is 0 Å². The Labute approximate surface area is 116 Å². The quantitative estimate of drug-likeness (QED) is 0.649. The third-order valence-corrected chi connectivity index (χ3v) is 2.16. The fraction of sp³-hybridized carbons (Fsp3) is 0. The van der Waals surface area contributed by atoms with Crippen LogP contribution in [0.2, 0.25) is 0 Å². The van der Waals surface area contributed by atoms with E-state index in [9.17, 15) is 0 Å². The fourth-order valence-corrected chi connectivity index (χ4v) is 1.40. The van der Waals surface area contributed by atoms with E-state index in [-0.39, 0.29) is 17.1 Å². The molecule has 92 valence electrons. The van der Waals surface area contributed by atoms with Gasteiger partial charge in [-0.15, -0.1) is 5.10 Å². The minimum absolute atomic E-state index is 0. The molecule has 0 saturated carbocycles. The van der Waals surface area contributed by atoms with E-state index in [1.54, 1.807) is 0 Å². The van der Waals surface area contributed by atoms with Crippen molar-refractivity contribution in [2.75, 3.05) is 0 Å². The molecule has 0 N–H and O–H groups in total. The summed E-state index contributed by atoms with van der Waals surface area (Å²) in [5.41, 5.74) is 2.55. The number of hydrogen-bond donors (Lipinski definition) is 0. The van der Waals surface area contributed by atoms with E-state index in [4.69, 9.17) is 0 Å². The molecule has 0 radical (unpaired) electrons. The van der Waals surface area contributed by atoms with Gasteiger partial charge in [0.2, 0.25) is 0 Å². The standard InChI is InChI=1S/C12H10.C2H2N2O.H2Se/c1-3-7-11(8-4-1)12-9-5-2-6-10-12;1-2-5-4-3-1;/h1-10H;1-2H;1H2. The van der Waals surface area contributed by atoms with Crippen molar-refractivity contribution in [3.05, 3.63) is 73.1 Å². The second-order valence-corrected chi connectivity index (χ2v) is 3.32. The molecule has 0 unspecified atom stereocenters. The molecule has 1 heterocycles. The first-order valence-electron chi connectivity index (χ1n) is 5.28. The molecule has 3 nitrogen and oxygen atoms in total. The van der Waals surface area contributed by atoms with E-state index in [1.807, 2.05) is 12.1 Å². The van der Waals surface area contributed by atoms with Gasteiger partial charge >= 0.3 is 17.1 Å². The second-order valence-electron chi connectivity index (χ2n) is 3.32. The fourth-order valence-electron chi connectivity index (χ4n) is 1.40. The van der Waals surface area contributed by atoms with Gasteiger partial charge in [-0.1, -0.05) is 60.7 Å². The van der Waals surface area contributed by atoms with Crippen LogP contribution in [-0.4, -0.2) is 27.4 Å². The van der Waals surface area contributed by atoms with Crippen LogP contribution in [-0.2, 0) is 0 Å². The molecule has 0 aliphatic heterocycles. The summed E-state index contributed by atoms with van der Waals surface area (Å²) in [7, 11) is 0. The van der Waals surface area contributed by atoms with Gasteiger partial charge in [0, 0.05) is 5.27 Å². The van der Waals surface area contributed by atoms with Crippen molar-refractivity contribution < 1.29 is 4.52 Å². The summed E-state index contributed by atoms with van der Waals surface area (Å²) >= 11 is 0. The maximum atomic E-state index is 4.22. The van der Waals surface area contributed by atoms with Crippen molar-refractivity contribution in [3.63, 3.8) is 0 Å². The van der Waals surface area contributed by atoms with Crippen LogP contribution in [0.4, 0.5) is 0 Å².